The van der Waals surface area contributed by atoms with Crippen LogP contribution in [-0.2, 0) is 4.79 Å². The number of carbonyl (C=O) groups is 2. The zero-order valence-corrected chi connectivity index (χ0v) is 16.2. The van der Waals surface area contributed by atoms with Gasteiger partial charge in [-0.05, 0) is 25.0 Å². The Labute approximate surface area is 155 Å². The summed E-state index contributed by atoms with van der Waals surface area (Å²) in [7, 11) is 0. The topological polar surface area (TPSA) is 49.4 Å². The predicted molar refractivity (Wildman–Crippen MR) is 105 cm³/mol. The smallest absolute Gasteiger partial charge is 0.255 e. The summed E-state index contributed by atoms with van der Waals surface area (Å²) in [4.78, 5) is 27.5. The lowest BCUT2D eigenvalue weighted by Gasteiger charge is -2.29. The van der Waals surface area contributed by atoms with Gasteiger partial charge >= 0.3 is 0 Å². The Hall–Kier alpha value is -1.49. The van der Waals surface area contributed by atoms with E-state index >= 15 is 0 Å². The SMILES string of the molecule is CCCCCCNC(=O)C1CSC(CCC)N1C(=O)c1ccccc1. The number of carbonyl (C=O) groups excluding carboxylic acids is 2. The maximum Gasteiger partial charge on any atom is 0.255 e. The molecule has 1 aromatic carbocycles. The lowest BCUT2D eigenvalue weighted by molar-refractivity contribution is -0.124. The van der Waals surface area contributed by atoms with Gasteiger partial charge in [-0.25, -0.2) is 0 Å². The third-order valence-electron chi connectivity index (χ3n) is 4.52. The van der Waals surface area contributed by atoms with Gasteiger partial charge in [-0.3, -0.25) is 9.59 Å². The molecule has 0 aromatic heterocycles. The summed E-state index contributed by atoms with van der Waals surface area (Å²) in [6.07, 6.45) is 6.45. The molecule has 1 heterocycles. The molecule has 1 saturated heterocycles. The van der Waals surface area contributed by atoms with Gasteiger partial charge in [0.25, 0.3) is 5.91 Å². The second kappa shape index (κ2) is 10.5. The summed E-state index contributed by atoms with van der Waals surface area (Å²) in [5.74, 6) is 0.645. The number of rotatable bonds is 9. The quantitative estimate of drug-likeness (QED) is 0.674. The van der Waals surface area contributed by atoms with E-state index in [1.165, 1.54) is 12.8 Å². The summed E-state index contributed by atoms with van der Waals surface area (Å²) < 4.78 is 0. The maximum absolute atomic E-state index is 13.0. The largest absolute Gasteiger partial charge is 0.354 e. The van der Waals surface area contributed by atoms with Crippen LogP contribution in [0.3, 0.4) is 0 Å². The fourth-order valence-corrected chi connectivity index (χ4v) is 4.64. The van der Waals surface area contributed by atoms with Crippen molar-refractivity contribution in [1.29, 1.82) is 0 Å². The molecule has 0 spiro atoms. The zero-order chi connectivity index (χ0) is 18.1. The predicted octanol–water partition coefficient (Wildman–Crippen LogP) is 4.07. The molecule has 4 nitrogen and oxygen atoms in total. The van der Waals surface area contributed by atoms with Crippen molar-refractivity contribution in [3.05, 3.63) is 35.9 Å². The van der Waals surface area contributed by atoms with Gasteiger partial charge in [-0.15, -0.1) is 11.8 Å². The van der Waals surface area contributed by atoms with Crippen LogP contribution >= 0.6 is 11.8 Å². The average molecular weight is 363 g/mol. The van der Waals surface area contributed by atoms with Crippen molar-refractivity contribution < 1.29 is 9.59 Å². The normalized spacial score (nSPS) is 19.8. The molecule has 1 N–H and O–H groups in total. The first-order chi connectivity index (χ1) is 12.2. The first-order valence-electron chi connectivity index (χ1n) is 9.46. The van der Waals surface area contributed by atoms with E-state index < -0.39 is 0 Å². The van der Waals surface area contributed by atoms with Gasteiger partial charge in [0.05, 0.1) is 5.37 Å². The summed E-state index contributed by atoms with van der Waals surface area (Å²) in [5, 5.41) is 3.13. The van der Waals surface area contributed by atoms with Crippen molar-refractivity contribution >= 4 is 23.6 Å². The molecule has 1 aromatic rings. The molecule has 0 saturated carbocycles. The number of hydrogen-bond donors (Lipinski definition) is 1. The lowest BCUT2D eigenvalue weighted by atomic mass is 10.1. The number of nitrogens with zero attached hydrogens (tertiary/aromatic N) is 1. The van der Waals surface area contributed by atoms with Crippen LogP contribution in [0, 0.1) is 0 Å². The fourth-order valence-electron chi connectivity index (χ4n) is 3.12. The molecule has 0 aliphatic carbocycles. The number of hydrogen-bond acceptors (Lipinski definition) is 3. The summed E-state index contributed by atoms with van der Waals surface area (Å²) in [6, 6.07) is 8.93. The monoisotopic (exact) mass is 362 g/mol. The highest BCUT2D eigenvalue weighted by molar-refractivity contribution is 8.00. The van der Waals surface area contributed by atoms with Crippen LogP contribution in [0.5, 0.6) is 0 Å². The summed E-state index contributed by atoms with van der Waals surface area (Å²) >= 11 is 1.73. The first-order valence-corrected chi connectivity index (χ1v) is 10.5. The minimum absolute atomic E-state index is 0.00752. The molecule has 2 unspecified atom stereocenters. The molecular weight excluding hydrogens is 332 g/mol. The third-order valence-corrected chi connectivity index (χ3v) is 5.87. The maximum atomic E-state index is 13.0. The van der Waals surface area contributed by atoms with Crippen LogP contribution in [0.4, 0.5) is 0 Å². The minimum atomic E-state index is -0.361. The molecule has 138 valence electrons. The van der Waals surface area contributed by atoms with E-state index in [-0.39, 0.29) is 23.2 Å². The van der Waals surface area contributed by atoms with Crippen LogP contribution < -0.4 is 5.32 Å². The van der Waals surface area contributed by atoms with Crippen LogP contribution in [-0.4, -0.2) is 40.4 Å². The standard InChI is InChI=1S/C20H30N2O2S/c1-3-5-6-10-14-21-19(23)17-15-25-18(11-4-2)22(17)20(24)16-12-8-7-9-13-16/h7-9,12-13,17-18H,3-6,10-11,14-15H2,1-2H3,(H,21,23). The Morgan fingerprint density at radius 2 is 1.88 bits per heavy atom. The van der Waals surface area contributed by atoms with Gasteiger partial charge in [0.15, 0.2) is 0 Å². The van der Waals surface area contributed by atoms with Gasteiger partial charge in [0, 0.05) is 17.9 Å². The van der Waals surface area contributed by atoms with E-state index in [1.807, 2.05) is 35.2 Å². The highest BCUT2D eigenvalue weighted by Gasteiger charge is 2.41. The van der Waals surface area contributed by atoms with E-state index in [1.54, 1.807) is 11.8 Å². The molecule has 2 rings (SSSR count). The summed E-state index contributed by atoms with van der Waals surface area (Å²) in [5.41, 5.74) is 0.659. The Morgan fingerprint density at radius 1 is 1.12 bits per heavy atom. The van der Waals surface area contributed by atoms with Gasteiger partial charge in [0.2, 0.25) is 5.91 Å². The molecule has 25 heavy (non-hydrogen) atoms. The van der Waals surface area contributed by atoms with Crippen molar-refractivity contribution in [3.63, 3.8) is 0 Å². The second-order valence-corrected chi connectivity index (χ2v) is 7.73. The van der Waals surface area contributed by atoms with Gasteiger partial charge in [0.1, 0.15) is 6.04 Å². The molecular formula is C20H30N2O2S. The number of benzene rings is 1. The van der Waals surface area contributed by atoms with Gasteiger partial charge in [-0.2, -0.15) is 0 Å². The average Bonchev–Trinajstić information content (AvgIpc) is 3.05. The van der Waals surface area contributed by atoms with Crippen molar-refractivity contribution in [2.75, 3.05) is 12.3 Å². The Balaban J connectivity index is 2.02. The van der Waals surface area contributed by atoms with E-state index in [0.29, 0.717) is 17.9 Å². The molecule has 5 heteroatoms. The van der Waals surface area contributed by atoms with E-state index in [2.05, 4.69) is 19.2 Å². The van der Waals surface area contributed by atoms with Crippen molar-refractivity contribution in [2.45, 2.75) is 63.8 Å². The molecule has 2 amide bonds. The van der Waals surface area contributed by atoms with Crippen molar-refractivity contribution in [3.8, 4) is 0 Å². The van der Waals surface area contributed by atoms with Gasteiger partial charge < -0.3 is 10.2 Å². The summed E-state index contributed by atoms with van der Waals surface area (Å²) in [6.45, 7) is 4.99. The van der Waals surface area contributed by atoms with Crippen molar-refractivity contribution in [2.24, 2.45) is 0 Å². The van der Waals surface area contributed by atoms with Crippen LogP contribution in [0.15, 0.2) is 30.3 Å². The highest BCUT2D eigenvalue weighted by atomic mass is 32.2. The zero-order valence-electron chi connectivity index (χ0n) is 15.4. The third kappa shape index (κ3) is 5.50. The fraction of sp³-hybridized carbons (Fsp3) is 0.600. The molecule has 0 bridgehead atoms. The molecule has 0 radical (unpaired) electrons. The first kappa shape index (κ1) is 19.8. The van der Waals surface area contributed by atoms with Gasteiger partial charge in [-0.1, -0.05) is 57.7 Å². The highest BCUT2D eigenvalue weighted by Crippen LogP contribution is 2.33. The molecule has 2 atom stereocenters. The number of amides is 2. The molecule has 1 aliphatic rings. The van der Waals surface area contributed by atoms with Crippen LogP contribution in [0.25, 0.3) is 0 Å². The molecule has 1 aliphatic heterocycles. The van der Waals surface area contributed by atoms with Crippen LogP contribution in [0.2, 0.25) is 0 Å². The Kier molecular flexibility index (Phi) is 8.32. The number of unbranched alkanes of at least 4 members (excludes halogenated alkanes) is 3. The minimum Gasteiger partial charge on any atom is -0.354 e. The number of thioether (sulfide) groups is 1. The van der Waals surface area contributed by atoms with E-state index in [9.17, 15) is 9.59 Å². The Bertz CT molecular complexity index is 550. The number of nitrogens with one attached hydrogen (secondary N) is 1. The van der Waals surface area contributed by atoms with E-state index in [0.717, 1.165) is 25.7 Å². The van der Waals surface area contributed by atoms with E-state index in [4.69, 9.17) is 0 Å². The second-order valence-electron chi connectivity index (χ2n) is 6.52. The Morgan fingerprint density at radius 3 is 2.56 bits per heavy atom. The van der Waals surface area contributed by atoms with Crippen LogP contribution in [0.1, 0.15) is 62.7 Å². The molecule has 1 fully saturated rings. The lowest BCUT2D eigenvalue weighted by Crippen LogP contribution is -2.50. The van der Waals surface area contributed by atoms with Crippen molar-refractivity contribution in [1.82, 2.24) is 10.2 Å².